The molecule has 1 amide bonds. The van der Waals surface area contributed by atoms with Gasteiger partial charge in [-0.05, 0) is 72.6 Å². The molecule has 1 aromatic rings. The number of piperidine rings is 1. The van der Waals surface area contributed by atoms with Gasteiger partial charge in [-0.2, -0.15) is 0 Å². The summed E-state index contributed by atoms with van der Waals surface area (Å²) in [6, 6.07) is 5.64. The molecule has 0 atom stereocenters. The minimum atomic E-state index is 0.0602. The SMILES string of the molecule is O=C(CC1CCNCC1)Nc1ccc(I)cc1Cl. The fraction of sp³-hybridized carbons (Fsp3) is 0.462. The topological polar surface area (TPSA) is 41.1 Å². The average molecular weight is 379 g/mol. The monoisotopic (exact) mass is 378 g/mol. The molecule has 0 aliphatic carbocycles. The van der Waals surface area contributed by atoms with Crippen LogP contribution in [0, 0.1) is 9.49 Å². The molecule has 0 unspecified atom stereocenters. The Balaban J connectivity index is 1.90. The summed E-state index contributed by atoms with van der Waals surface area (Å²) in [6.07, 6.45) is 2.74. The number of anilines is 1. The Morgan fingerprint density at radius 2 is 2.17 bits per heavy atom. The Morgan fingerprint density at radius 3 is 2.83 bits per heavy atom. The Morgan fingerprint density at radius 1 is 1.44 bits per heavy atom. The van der Waals surface area contributed by atoms with Gasteiger partial charge in [0.1, 0.15) is 0 Å². The second-order valence-corrected chi connectivity index (χ2v) is 6.22. The maximum absolute atomic E-state index is 11.9. The molecule has 18 heavy (non-hydrogen) atoms. The van der Waals surface area contributed by atoms with E-state index in [0.29, 0.717) is 23.0 Å². The Kier molecular flexibility index (Phi) is 5.26. The summed E-state index contributed by atoms with van der Waals surface area (Å²) in [5.41, 5.74) is 0.705. The van der Waals surface area contributed by atoms with Gasteiger partial charge in [-0.15, -0.1) is 0 Å². The third-order valence-electron chi connectivity index (χ3n) is 3.14. The second-order valence-electron chi connectivity index (χ2n) is 4.57. The van der Waals surface area contributed by atoms with Crippen molar-refractivity contribution < 1.29 is 4.79 Å². The number of carbonyl (C=O) groups excluding carboxylic acids is 1. The van der Waals surface area contributed by atoms with Crippen molar-refractivity contribution in [2.24, 2.45) is 5.92 Å². The predicted octanol–water partition coefficient (Wildman–Crippen LogP) is 3.27. The van der Waals surface area contributed by atoms with Gasteiger partial charge in [-0.3, -0.25) is 4.79 Å². The lowest BCUT2D eigenvalue weighted by atomic mass is 9.94. The summed E-state index contributed by atoms with van der Waals surface area (Å²) >= 11 is 8.28. The van der Waals surface area contributed by atoms with Crippen molar-refractivity contribution in [3.63, 3.8) is 0 Å². The van der Waals surface area contributed by atoms with E-state index in [2.05, 4.69) is 33.2 Å². The van der Waals surface area contributed by atoms with Crippen molar-refractivity contribution >= 4 is 45.8 Å². The molecule has 2 rings (SSSR count). The number of hydrogen-bond donors (Lipinski definition) is 2. The first kappa shape index (κ1) is 14.1. The lowest BCUT2D eigenvalue weighted by Gasteiger charge is -2.22. The molecule has 1 aliphatic rings. The smallest absolute Gasteiger partial charge is 0.224 e. The van der Waals surface area contributed by atoms with Crippen LogP contribution in [0.5, 0.6) is 0 Å². The number of rotatable bonds is 3. The van der Waals surface area contributed by atoms with Gasteiger partial charge < -0.3 is 10.6 Å². The van der Waals surface area contributed by atoms with Crippen LogP contribution in [0.25, 0.3) is 0 Å². The van der Waals surface area contributed by atoms with Gasteiger partial charge in [0, 0.05) is 9.99 Å². The van der Waals surface area contributed by atoms with Gasteiger partial charge in [0.2, 0.25) is 5.91 Å². The maximum atomic E-state index is 11.9. The minimum Gasteiger partial charge on any atom is -0.325 e. The number of halogens is 2. The van der Waals surface area contributed by atoms with E-state index in [4.69, 9.17) is 11.6 Å². The van der Waals surface area contributed by atoms with Crippen molar-refractivity contribution in [1.82, 2.24) is 5.32 Å². The standard InChI is InChI=1S/C13H16ClIN2O/c14-11-8-10(15)1-2-12(11)17-13(18)7-9-3-5-16-6-4-9/h1-2,8-9,16H,3-7H2,(H,17,18). The number of amides is 1. The van der Waals surface area contributed by atoms with Crippen LogP contribution in [0.15, 0.2) is 18.2 Å². The van der Waals surface area contributed by atoms with E-state index >= 15 is 0 Å². The third kappa shape index (κ3) is 4.10. The third-order valence-corrected chi connectivity index (χ3v) is 4.12. The molecule has 98 valence electrons. The van der Waals surface area contributed by atoms with Crippen LogP contribution in [-0.4, -0.2) is 19.0 Å². The van der Waals surface area contributed by atoms with E-state index in [9.17, 15) is 4.79 Å². The highest BCUT2D eigenvalue weighted by Crippen LogP contribution is 2.25. The van der Waals surface area contributed by atoms with Crippen LogP contribution in [0.2, 0.25) is 5.02 Å². The van der Waals surface area contributed by atoms with E-state index in [1.54, 1.807) is 0 Å². The van der Waals surface area contributed by atoms with Crippen LogP contribution >= 0.6 is 34.2 Å². The molecule has 0 radical (unpaired) electrons. The molecule has 1 saturated heterocycles. The number of carbonyl (C=O) groups is 1. The van der Waals surface area contributed by atoms with Gasteiger partial charge in [0.15, 0.2) is 0 Å². The van der Waals surface area contributed by atoms with Crippen molar-refractivity contribution in [2.75, 3.05) is 18.4 Å². The second kappa shape index (κ2) is 6.73. The van der Waals surface area contributed by atoms with Crippen LogP contribution in [0.4, 0.5) is 5.69 Å². The molecule has 5 heteroatoms. The molecule has 1 heterocycles. The zero-order valence-corrected chi connectivity index (χ0v) is 12.9. The lowest BCUT2D eigenvalue weighted by molar-refractivity contribution is -0.117. The fourth-order valence-electron chi connectivity index (χ4n) is 2.14. The van der Waals surface area contributed by atoms with Crippen LogP contribution in [-0.2, 0) is 4.79 Å². The van der Waals surface area contributed by atoms with E-state index in [1.807, 2.05) is 18.2 Å². The fourth-order valence-corrected chi connectivity index (χ4v) is 3.04. The minimum absolute atomic E-state index is 0.0602. The first-order valence-electron chi connectivity index (χ1n) is 6.11. The highest BCUT2D eigenvalue weighted by atomic mass is 127. The summed E-state index contributed by atoms with van der Waals surface area (Å²) in [6.45, 7) is 2.03. The molecular weight excluding hydrogens is 363 g/mol. The summed E-state index contributed by atoms with van der Waals surface area (Å²) in [7, 11) is 0. The molecule has 1 fully saturated rings. The maximum Gasteiger partial charge on any atom is 0.224 e. The summed E-state index contributed by atoms with van der Waals surface area (Å²) in [5.74, 6) is 0.555. The Labute approximate surface area is 126 Å². The van der Waals surface area contributed by atoms with E-state index in [-0.39, 0.29) is 5.91 Å². The van der Waals surface area contributed by atoms with Crippen molar-refractivity contribution in [2.45, 2.75) is 19.3 Å². The lowest BCUT2D eigenvalue weighted by Crippen LogP contribution is -2.30. The Bertz CT molecular complexity index is 433. The highest BCUT2D eigenvalue weighted by Gasteiger charge is 2.17. The predicted molar refractivity (Wildman–Crippen MR) is 83.0 cm³/mol. The summed E-state index contributed by atoms with van der Waals surface area (Å²) in [5, 5.41) is 6.79. The summed E-state index contributed by atoms with van der Waals surface area (Å²) < 4.78 is 1.06. The average Bonchev–Trinajstić information content (AvgIpc) is 2.34. The first-order valence-corrected chi connectivity index (χ1v) is 7.56. The van der Waals surface area contributed by atoms with Gasteiger partial charge >= 0.3 is 0 Å². The number of benzene rings is 1. The quantitative estimate of drug-likeness (QED) is 0.793. The van der Waals surface area contributed by atoms with Gasteiger partial charge in [0.25, 0.3) is 0 Å². The van der Waals surface area contributed by atoms with Gasteiger partial charge in [0.05, 0.1) is 10.7 Å². The van der Waals surface area contributed by atoms with Crippen molar-refractivity contribution in [3.8, 4) is 0 Å². The van der Waals surface area contributed by atoms with E-state index in [0.717, 1.165) is 29.5 Å². The van der Waals surface area contributed by atoms with Crippen molar-refractivity contribution in [1.29, 1.82) is 0 Å². The van der Waals surface area contributed by atoms with E-state index in [1.165, 1.54) is 0 Å². The molecule has 3 nitrogen and oxygen atoms in total. The normalized spacial score (nSPS) is 16.6. The van der Waals surface area contributed by atoms with Gasteiger partial charge in [-0.1, -0.05) is 11.6 Å². The summed E-state index contributed by atoms with van der Waals surface area (Å²) in [4.78, 5) is 11.9. The van der Waals surface area contributed by atoms with Crippen LogP contribution < -0.4 is 10.6 Å². The molecule has 0 spiro atoms. The van der Waals surface area contributed by atoms with Crippen LogP contribution in [0.1, 0.15) is 19.3 Å². The zero-order chi connectivity index (χ0) is 13.0. The molecular formula is C13H16ClIN2O. The zero-order valence-electron chi connectivity index (χ0n) is 10.0. The van der Waals surface area contributed by atoms with Crippen LogP contribution in [0.3, 0.4) is 0 Å². The van der Waals surface area contributed by atoms with Crippen molar-refractivity contribution in [3.05, 3.63) is 26.8 Å². The molecule has 2 N–H and O–H groups in total. The Hall–Kier alpha value is -0.330. The molecule has 1 aromatic carbocycles. The number of hydrogen-bond acceptors (Lipinski definition) is 2. The first-order chi connectivity index (χ1) is 8.65. The molecule has 0 saturated carbocycles. The highest BCUT2D eigenvalue weighted by molar-refractivity contribution is 14.1. The van der Waals surface area contributed by atoms with E-state index < -0.39 is 0 Å². The largest absolute Gasteiger partial charge is 0.325 e. The molecule has 0 aromatic heterocycles. The number of nitrogens with one attached hydrogen (secondary N) is 2. The van der Waals surface area contributed by atoms with Gasteiger partial charge in [-0.25, -0.2) is 0 Å². The molecule has 1 aliphatic heterocycles. The molecule has 0 bridgehead atoms.